The third kappa shape index (κ3) is 1.88. The molecule has 0 amide bonds. The minimum atomic E-state index is -0.370. The van der Waals surface area contributed by atoms with Gasteiger partial charge in [-0.3, -0.25) is 4.84 Å². The minimum Gasteiger partial charge on any atom is -0.464 e. The van der Waals surface area contributed by atoms with Crippen LogP contribution in [0.2, 0.25) is 0 Å². The standard InChI is InChI=1S/C8H12N2O3/c1-10-6(5-13-9)3-4-7(10)8(11)12-2/h3-4H,5,9H2,1-2H3. The number of aromatic nitrogens is 1. The van der Waals surface area contributed by atoms with Gasteiger partial charge in [-0.2, -0.15) is 0 Å². The fraction of sp³-hybridized carbons (Fsp3) is 0.375. The molecule has 0 aliphatic carbocycles. The number of carbonyl (C=O) groups is 1. The van der Waals surface area contributed by atoms with Gasteiger partial charge in [0.1, 0.15) is 12.3 Å². The van der Waals surface area contributed by atoms with E-state index in [1.165, 1.54) is 7.11 Å². The van der Waals surface area contributed by atoms with Crippen LogP contribution in [0.3, 0.4) is 0 Å². The van der Waals surface area contributed by atoms with Gasteiger partial charge in [-0.25, -0.2) is 10.7 Å². The largest absolute Gasteiger partial charge is 0.464 e. The summed E-state index contributed by atoms with van der Waals surface area (Å²) in [6.07, 6.45) is 0. The van der Waals surface area contributed by atoms with E-state index in [-0.39, 0.29) is 12.6 Å². The van der Waals surface area contributed by atoms with Crippen molar-refractivity contribution in [1.82, 2.24) is 4.57 Å². The minimum absolute atomic E-state index is 0.271. The number of nitrogens with zero attached hydrogens (tertiary/aromatic N) is 1. The van der Waals surface area contributed by atoms with Crippen molar-refractivity contribution in [3.05, 3.63) is 23.5 Å². The number of hydrogen-bond acceptors (Lipinski definition) is 4. The Morgan fingerprint density at radius 1 is 1.62 bits per heavy atom. The average molecular weight is 184 g/mol. The van der Waals surface area contributed by atoms with E-state index < -0.39 is 0 Å². The number of ether oxygens (including phenoxy) is 1. The second kappa shape index (κ2) is 4.06. The highest BCUT2D eigenvalue weighted by atomic mass is 16.6. The maximum absolute atomic E-state index is 11.1. The molecule has 1 aromatic rings. The van der Waals surface area contributed by atoms with E-state index in [1.54, 1.807) is 23.7 Å². The molecule has 2 N–H and O–H groups in total. The Bertz CT molecular complexity index is 306. The summed E-state index contributed by atoms with van der Waals surface area (Å²) in [4.78, 5) is 15.6. The molecule has 1 rings (SSSR count). The molecule has 0 aliphatic rings. The molecule has 0 aromatic carbocycles. The zero-order valence-electron chi connectivity index (χ0n) is 7.61. The van der Waals surface area contributed by atoms with Crippen molar-refractivity contribution in [2.75, 3.05) is 7.11 Å². The Kier molecular flexibility index (Phi) is 3.05. The molecule has 5 nitrogen and oxygen atoms in total. The van der Waals surface area contributed by atoms with Gasteiger partial charge in [-0.1, -0.05) is 0 Å². The number of carbonyl (C=O) groups excluding carboxylic acids is 1. The predicted octanol–water partition coefficient (Wildman–Crippen LogP) is 0.202. The summed E-state index contributed by atoms with van der Waals surface area (Å²) in [5.74, 6) is 4.55. The van der Waals surface area contributed by atoms with Gasteiger partial charge in [0.25, 0.3) is 0 Å². The van der Waals surface area contributed by atoms with Crippen LogP contribution in [0.25, 0.3) is 0 Å². The van der Waals surface area contributed by atoms with Crippen molar-refractivity contribution in [3.8, 4) is 0 Å². The zero-order valence-corrected chi connectivity index (χ0v) is 7.61. The summed E-state index contributed by atoms with van der Waals surface area (Å²) in [6.45, 7) is 0.271. The lowest BCUT2D eigenvalue weighted by Gasteiger charge is -2.04. The maximum atomic E-state index is 11.1. The number of esters is 1. The fourth-order valence-electron chi connectivity index (χ4n) is 1.09. The van der Waals surface area contributed by atoms with Crippen LogP contribution in [-0.2, 0) is 23.2 Å². The highest BCUT2D eigenvalue weighted by Gasteiger charge is 2.11. The van der Waals surface area contributed by atoms with Crippen LogP contribution in [0.15, 0.2) is 12.1 Å². The number of nitrogens with two attached hydrogens (primary N) is 1. The predicted molar refractivity (Wildman–Crippen MR) is 45.7 cm³/mol. The molecule has 0 spiro atoms. The zero-order chi connectivity index (χ0) is 9.84. The molecule has 0 bridgehead atoms. The van der Waals surface area contributed by atoms with Gasteiger partial charge in [0.05, 0.1) is 7.11 Å². The SMILES string of the molecule is COC(=O)c1ccc(CON)n1C. The molecule has 0 aliphatic heterocycles. The van der Waals surface area contributed by atoms with Crippen molar-refractivity contribution in [3.63, 3.8) is 0 Å². The van der Waals surface area contributed by atoms with Gasteiger partial charge in [-0.15, -0.1) is 0 Å². The average Bonchev–Trinajstić information content (AvgIpc) is 2.48. The van der Waals surface area contributed by atoms with E-state index >= 15 is 0 Å². The smallest absolute Gasteiger partial charge is 0.354 e. The topological polar surface area (TPSA) is 66.5 Å². The lowest BCUT2D eigenvalue weighted by molar-refractivity contribution is 0.0588. The molecule has 0 atom stereocenters. The molecule has 1 heterocycles. The van der Waals surface area contributed by atoms with Gasteiger partial charge in [-0.05, 0) is 12.1 Å². The highest BCUT2D eigenvalue weighted by Crippen LogP contribution is 2.08. The third-order valence-electron chi connectivity index (χ3n) is 1.85. The molecular weight excluding hydrogens is 172 g/mol. The lowest BCUT2D eigenvalue weighted by Crippen LogP contribution is -2.10. The number of hydrogen-bond donors (Lipinski definition) is 1. The van der Waals surface area contributed by atoms with Crippen molar-refractivity contribution < 1.29 is 14.4 Å². The van der Waals surface area contributed by atoms with Crippen molar-refractivity contribution in [1.29, 1.82) is 0 Å². The van der Waals surface area contributed by atoms with E-state index in [4.69, 9.17) is 5.90 Å². The Morgan fingerprint density at radius 2 is 2.31 bits per heavy atom. The Morgan fingerprint density at radius 3 is 2.85 bits per heavy atom. The molecule has 13 heavy (non-hydrogen) atoms. The second-order valence-corrected chi connectivity index (χ2v) is 2.57. The lowest BCUT2D eigenvalue weighted by atomic mass is 10.4. The van der Waals surface area contributed by atoms with Gasteiger partial charge in [0.2, 0.25) is 0 Å². The van der Waals surface area contributed by atoms with Gasteiger partial charge in [0, 0.05) is 12.7 Å². The van der Waals surface area contributed by atoms with E-state index in [9.17, 15) is 4.79 Å². The first-order valence-electron chi connectivity index (χ1n) is 3.75. The monoisotopic (exact) mass is 184 g/mol. The fourth-order valence-corrected chi connectivity index (χ4v) is 1.09. The second-order valence-electron chi connectivity index (χ2n) is 2.57. The van der Waals surface area contributed by atoms with Gasteiger partial charge >= 0.3 is 5.97 Å². The van der Waals surface area contributed by atoms with Crippen LogP contribution < -0.4 is 5.90 Å². The molecule has 0 fully saturated rings. The molecule has 0 unspecified atom stereocenters. The van der Waals surface area contributed by atoms with Gasteiger partial charge in [0.15, 0.2) is 0 Å². The molecule has 0 radical (unpaired) electrons. The number of rotatable bonds is 3. The summed E-state index contributed by atoms with van der Waals surface area (Å²) in [5.41, 5.74) is 1.30. The van der Waals surface area contributed by atoms with Crippen LogP contribution in [0, 0.1) is 0 Å². The summed E-state index contributed by atoms with van der Waals surface area (Å²) in [6, 6.07) is 3.43. The first-order chi connectivity index (χ1) is 6.20. The molecule has 5 heteroatoms. The van der Waals surface area contributed by atoms with Crippen LogP contribution >= 0.6 is 0 Å². The summed E-state index contributed by atoms with van der Waals surface area (Å²) in [5, 5.41) is 0. The third-order valence-corrected chi connectivity index (χ3v) is 1.85. The first-order valence-corrected chi connectivity index (χ1v) is 3.75. The van der Waals surface area contributed by atoms with E-state index in [0.29, 0.717) is 5.69 Å². The molecule has 72 valence electrons. The number of methoxy groups -OCH3 is 1. The van der Waals surface area contributed by atoms with Crippen LogP contribution in [-0.4, -0.2) is 17.6 Å². The first kappa shape index (κ1) is 9.76. The normalized spacial score (nSPS) is 10.1. The van der Waals surface area contributed by atoms with Crippen LogP contribution in [0.4, 0.5) is 0 Å². The summed E-state index contributed by atoms with van der Waals surface area (Å²) < 4.78 is 6.26. The van der Waals surface area contributed by atoms with Crippen molar-refractivity contribution in [2.24, 2.45) is 12.9 Å². The van der Waals surface area contributed by atoms with Gasteiger partial charge < -0.3 is 9.30 Å². The quantitative estimate of drug-likeness (QED) is 0.538. The van der Waals surface area contributed by atoms with Crippen molar-refractivity contribution in [2.45, 2.75) is 6.61 Å². The molecule has 0 saturated heterocycles. The van der Waals surface area contributed by atoms with E-state index in [0.717, 1.165) is 5.69 Å². The highest BCUT2D eigenvalue weighted by molar-refractivity contribution is 5.87. The van der Waals surface area contributed by atoms with Crippen LogP contribution in [0.5, 0.6) is 0 Å². The van der Waals surface area contributed by atoms with Crippen molar-refractivity contribution >= 4 is 5.97 Å². The Hall–Kier alpha value is -1.33. The van der Waals surface area contributed by atoms with E-state index in [2.05, 4.69) is 9.57 Å². The Labute approximate surface area is 76.0 Å². The summed E-state index contributed by atoms with van der Waals surface area (Å²) >= 11 is 0. The van der Waals surface area contributed by atoms with Crippen LogP contribution in [0.1, 0.15) is 16.2 Å². The molecular formula is C8H12N2O3. The summed E-state index contributed by atoms with van der Waals surface area (Å²) in [7, 11) is 3.09. The Balaban J connectivity index is 2.92. The molecule has 0 saturated carbocycles. The molecule has 1 aromatic heterocycles. The maximum Gasteiger partial charge on any atom is 0.354 e. The van der Waals surface area contributed by atoms with E-state index in [1.807, 2.05) is 0 Å².